The molecule has 0 bridgehead atoms. The average molecular weight is 555 g/mol. The number of methoxy groups -OCH3 is 1. The van der Waals surface area contributed by atoms with Gasteiger partial charge >= 0.3 is 6.09 Å². The van der Waals surface area contributed by atoms with Gasteiger partial charge in [0.15, 0.2) is 0 Å². The third-order valence-electron chi connectivity index (χ3n) is 6.31. The molecule has 0 aliphatic carbocycles. The highest BCUT2D eigenvalue weighted by Crippen LogP contribution is 2.36. The van der Waals surface area contributed by atoms with Crippen LogP contribution in [0.15, 0.2) is 12.3 Å². The van der Waals surface area contributed by atoms with Crippen LogP contribution in [0.25, 0.3) is 5.69 Å². The smallest absolute Gasteiger partial charge is 0.410 e. The molecule has 0 spiro atoms. The Balaban J connectivity index is 0.00000134. The number of hydrogen-bond donors (Lipinski definition) is 1. The number of halogens is 2. The summed E-state index contributed by atoms with van der Waals surface area (Å²) in [6, 6.07) is 1.91. The van der Waals surface area contributed by atoms with Gasteiger partial charge in [0.2, 0.25) is 11.8 Å². The molecule has 2 aromatic heterocycles. The maximum absolute atomic E-state index is 14.8. The minimum Gasteiger partial charge on any atom is -0.483 e. The van der Waals surface area contributed by atoms with Gasteiger partial charge in [-0.25, -0.2) is 23.2 Å². The number of nitrogens with zero attached hydrogens (tertiary/aromatic N) is 4. The van der Waals surface area contributed by atoms with Gasteiger partial charge in [-0.3, -0.25) is 4.79 Å². The molecule has 1 fully saturated rings. The number of pyridine rings is 1. The number of piperidine rings is 1. The standard InChI is InChI=1S/C25H34F2N4O5.CH2O2/c1-16-12-18(13-28-21(16)33-5)31-20-7-11-34-10-6-19(20)22(29-31)35-15-17-14-30(9-8-25(17,26)27)23(32)36-24(2,3)4;2-1-3/h12-13,17H,6-11,14-15H2,1-5H3;1H,(H,2,3). The highest BCUT2D eigenvalue weighted by atomic mass is 19.3. The molecule has 39 heavy (non-hydrogen) atoms. The summed E-state index contributed by atoms with van der Waals surface area (Å²) >= 11 is 0. The van der Waals surface area contributed by atoms with Crippen LogP contribution in [0.3, 0.4) is 0 Å². The summed E-state index contributed by atoms with van der Waals surface area (Å²) < 4.78 is 53.6. The Hall–Kier alpha value is -3.48. The number of alkyl halides is 2. The minimum atomic E-state index is -2.97. The molecular formula is C26H36F2N4O7. The highest BCUT2D eigenvalue weighted by molar-refractivity contribution is 5.68. The summed E-state index contributed by atoms with van der Waals surface area (Å²) in [7, 11) is 1.56. The Bertz CT molecular complexity index is 1150. The van der Waals surface area contributed by atoms with Gasteiger partial charge in [-0.05, 0) is 33.8 Å². The van der Waals surface area contributed by atoms with E-state index < -0.39 is 30.0 Å². The molecule has 2 aromatic rings. The maximum Gasteiger partial charge on any atom is 0.410 e. The third-order valence-corrected chi connectivity index (χ3v) is 6.31. The second-order valence-electron chi connectivity index (χ2n) is 10.3. The van der Waals surface area contributed by atoms with E-state index in [4.69, 9.17) is 28.8 Å². The molecule has 0 aromatic carbocycles. The zero-order chi connectivity index (χ0) is 28.8. The van der Waals surface area contributed by atoms with Crippen LogP contribution in [0.2, 0.25) is 0 Å². The second-order valence-corrected chi connectivity index (χ2v) is 10.3. The van der Waals surface area contributed by atoms with Gasteiger partial charge in [-0.15, -0.1) is 5.10 Å². The van der Waals surface area contributed by atoms with Gasteiger partial charge in [0.1, 0.15) is 12.2 Å². The quantitative estimate of drug-likeness (QED) is 0.551. The van der Waals surface area contributed by atoms with E-state index >= 15 is 0 Å². The number of fused-ring (bicyclic) bond motifs is 1. The maximum atomic E-state index is 14.8. The zero-order valence-corrected chi connectivity index (χ0v) is 22.9. The fourth-order valence-electron chi connectivity index (χ4n) is 4.45. The van der Waals surface area contributed by atoms with Crippen LogP contribution in [0.1, 0.15) is 44.0 Å². The first kappa shape index (κ1) is 30.1. The SMILES string of the molecule is COc1ncc(-n2nc(OCC3CN(C(=O)OC(C)(C)C)CCC3(F)F)c3c2CCOCC3)cc1C.O=CO. The first-order valence-corrected chi connectivity index (χ1v) is 12.7. The number of rotatable bonds is 5. The molecule has 1 amide bonds. The van der Waals surface area contributed by atoms with Gasteiger partial charge in [-0.1, -0.05) is 0 Å². The lowest BCUT2D eigenvalue weighted by molar-refractivity contribution is -0.123. The molecule has 216 valence electrons. The molecule has 11 nitrogen and oxygen atoms in total. The van der Waals surface area contributed by atoms with Crippen molar-refractivity contribution in [1.29, 1.82) is 0 Å². The monoisotopic (exact) mass is 554 g/mol. The molecule has 0 radical (unpaired) electrons. The van der Waals surface area contributed by atoms with E-state index in [-0.39, 0.29) is 26.2 Å². The number of carboxylic acid groups (broad SMARTS) is 1. The normalized spacial score (nSPS) is 18.6. The molecule has 0 saturated carbocycles. The van der Waals surface area contributed by atoms with E-state index in [0.717, 1.165) is 22.5 Å². The van der Waals surface area contributed by atoms with Crippen LogP contribution in [0.5, 0.6) is 11.8 Å². The predicted molar refractivity (Wildman–Crippen MR) is 136 cm³/mol. The average Bonchev–Trinajstić information content (AvgIpc) is 3.02. The largest absolute Gasteiger partial charge is 0.483 e. The molecule has 1 unspecified atom stereocenters. The van der Waals surface area contributed by atoms with Gasteiger partial charge in [0.25, 0.3) is 12.4 Å². The molecule has 2 aliphatic rings. The van der Waals surface area contributed by atoms with Crippen molar-refractivity contribution >= 4 is 12.6 Å². The fourth-order valence-corrected chi connectivity index (χ4v) is 4.45. The van der Waals surface area contributed by atoms with E-state index in [2.05, 4.69) is 10.1 Å². The highest BCUT2D eigenvalue weighted by Gasteiger charge is 2.46. The molecular weight excluding hydrogens is 518 g/mol. The van der Waals surface area contributed by atoms with E-state index in [9.17, 15) is 13.6 Å². The van der Waals surface area contributed by atoms with Crippen molar-refractivity contribution in [2.24, 2.45) is 5.92 Å². The van der Waals surface area contributed by atoms with E-state index in [1.165, 1.54) is 4.90 Å². The van der Waals surface area contributed by atoms with E-state index in [1.54, 1.807) is 38.8 Å². The Morgan fingerprint density at radius 3 is 2.62 bits per heavy atom. The van der Waals surface area contributed by atoms with Crippen LogP contribution in [0, 0.1) is 12.8 Å². The lowest BCUT2D eigenvalue weighted by Gasteiger charge is -2.38. The van der Waals surface area contributed by atoms with Crippen molar-refractivity contribution in [2.75, 3.05) is 40.0 Å². The first-order valence-electron chi connectivity index (χ1n) is 12.7. The Labute approximate surface area is 226 Å². The topological polar surface area (TPSA) is 125 Å². The minimum absolute atomic E-state index is 0.0659. The predicted octanol–water partition coefficient (Wildman–Crippen LogP) is 3.67. The summed E-state index contributed by atoms with van der Waals surface area (Å²) in [5, 5.41) is 11.5. The number of carbonyl (C=O) groups excluding carboxylic acids is 1. The van der Waals surface area contributed by atoms with E-state index in [1.807, 2.05) is 13.0 Å². The number of aromatic nitrogens is 3. The third kappa shape index (κ3) is 7.55. The number of likely N-dealkylation sites (tertiary alicyclic amines) is 1. The molecule has 1 N–H and O–H groups in total. The van der Waals surface area contributed by atoms with E-state index in [0.29, 0.717) is 37.8 Å². The first-order chi connectivity index (χ1) is 18.4. The summed E-state index contributed by atoms with van der Waals surface area (Å²) in [4.78, 5) is 26.5. The Kier molecular flexibility index (Phi) is 9.70. The fraction of sp³-hybridized carbons (Fsp3) is 0.615. The molecule has 1 atom stereocenters. The summed E-state index contributed by atoms with van der Waals surface area (Å²) in [6.07, 6.45) is 1.77. The second kappa shape index (κ2) is 12.6. The van der Waals surface area contributed by atoms with Gasteiger partial charge in [-0.2, -0.15) is 0 Å². The number of ether oxygens (including phenoxy) is 4. The zero-order valence-electron chi connectivity index (χ0n) is 22.9. The Morgan fingerprint density at radius 1 is 1.28 bits per heavy atom. The van der Waals surface area contributed by atoms with Crippen LogP contribution in [0.4, 0.5) is 13.6 Å². The van der Waals surface area contributed by atoms with Crippen LogP contribution >= 0.6 is 0 Å². The van der Waals surface area contributed by atoms with Crippen LogP contribution < -0.4 is 9.47 Å². The summed E-state index contributed by atoms with van der Waals surface area (Å²) in [5.41, 5.74) is 2.60. The van der Waals surface area contributed by atoms with Crippen molar-refractivity contribution in [1.82, 2.24) is 19.7 Å². The molecule has 4 rings (SSSR count). The number of hydrogen-bond acceptors (Lipinski definition) is 8. The Morgan fingerprint density at radius 2 is 1.97 bits per heavy atom. The molecule has 1 saturated heterocycles. The molecule has 13 heteroatoms. The number of carbonyl (C=O) groups is 2. The van der Waals surface area contributed by atoms with Crippen LogP contribution in [-0.2, 0) is 27.1 Å². The van der Waals surface area contributed by atoms with Gasteiger partial charge < -0.3 is 29.0 Å². The van der Waals surface area contributed by atoms with Crippen molar-refractivity contribution < 1.29 is 42.4 Å². The van der Waals surface area contributed by atoms with Crippen molar-refractivity contribution in [3.05, 3.63) is 29.1 Å². The van der Waals surface area contributed by atoms with Crippen molar-refractivity contribution in [3.8, 4) is 17.4 Å². The van der Waals surface area contributed by atoms with Crippen molar-refractivity contribution in [3.63, 3.8) is 0 Å². The summed E-state index contributed by atoms with van der Waals surface area (Å²) in [5.74, 6) is -3.34. The molecule has 4 heterocycles. The van der Waals surface area contributed by atoms with Gasteiger partial charge in [0, 0.05) is 43.5 Å². The summed E-state index contributed by atoms with van der Waals surface area (Å²) in [6.45, 7) is 7.38. The van der Waals surface area contributed by atoms with Crippen LogP contribution in [-0.4, -0.2) is 88.9 Å². The molecule has 2 aliphatic heterocycles. The van der Waals surface area contributed by atoms with Gasteiger partial charge in [0.05, 0.1) is 43.8 Å². The van der Waals surface area contributed by atoms with Crippen molar-refractivity contribution in [2.45, 2.75) is 58.5 Å². The number of amides is 1. The lowest BCUT2D eigenvalue weighted by atomic mass is 9.94. The number of aryl methyl sites for hydroxylation is 1. The lowest BCUT2D eigenvalue weighted by Crippen LogP contribution is -2.52.